The fourth-order valence-corrected chi connectivity index (χ4v) is 1.41. The minimum Gasteiger partial charge on any atom is -0.328 e. The molecule has 3 nitrogen and oxygen atoms in total. The Hall–Kier alpha value is -0.970. The van der Waals surface area contributed by atoms with Crippen molar-refractivity contribution < 1.29 is 8.78 Å². The summed E-state index contributed by atoms with van der Waals surface area (Å²) in [5, 5.41) is 8.53. The highest BCUT2D eigenvalue weighted by molar-refractivity contribution is 14.1. The summed E-state index contributed by atoms with van der Waals surface area (Å²) in [4.78, 5) is 13.0. The summed E-state index contributed by atoms with van der Waals surface area (Å²) in [6.45, 7) is 0. The number of hydrogen-bond acceptors (Lipinski definition) is 2. The van der Waals surface area contributed by atoms with Crippen LogP contribution in [0.4, 0.5) is 8.78 Å². The van der Waals surface area contributed by atoms with Gasteiger partial charge in [0.05, 0.1) is 5.56 Å². The minimum atomic E-state index is -2.92. The maximum absolute atomic E-state index is 12.3. The van der Waals surface area contributed by atoms with Crippen LogP contribution in [0.15, 0.2) is 11.0 Å². The van der Waals surface area contributed by atoms with Gasteiger partial charge in [0.1, 0.15) is 11.6 Å². The predicted molar refractivity (Wildman–Crippen MR) is 49.5 cm³/mol. The van der Waals surface area contributed by atoms with Crippen molar-refractivity contribution in [3.05, 3.63) is 31.2 Å². The van der Waals surface area contributed by atoms with Gasteiger partial charge in [0.2, 0.25) is 0 Å². The van der Waals surface area contributed by atoms with Gasteiger partial charge in [0.15, 0.2) is 0 Å². The number of halogens is 3. The SMILES string of the molecule is N#Cc1c(I)c[nH]c(=O)c1C(F)F. The molecule has 0 aromatic carbocycles. The molecule has 0 atom stereocenters. The van der Waals surface area contributed by atoms with Crippen molar-refractivity contribution in [1.29, 1.82) is 5.26 Å². The monoisotopic (exact) mass is 296 g/mol. The van der Waals surface area contributed by atoms with Crippen LogP contribution in [0.2, 0.25) is 0 Å². The van der Waals surface area contributed by atoms with Crippen molar-refractivity contribution in [2.24, 2.45) is 0 Å². The fourth-order valence-electron chi connectivity index (χ4n) is 0.843. The summed E-state index contributed by atoms with van der Waals surface area (Å²) in [5.74, 6) is 0. The van der Waals surface area contributed by atoms with Crippen LogP contribution in [-0.4, -0.2) is 4.98 Å². The lowest BCUT2D eigenvalue weighted by Gasteiger charge is -2.01. The maximum Gasteiger partial charge on any atom is 0.270 e. The molecule has 0 bridgehead atoms. The molecule has 0 radical (unpaired) electrons. The standard InChI is InChI=1S/C7H3F2IN2O/c8-6(9)5-3(1-11)4(10)2-12-7(5)13/h2,6H,(H,12,13). The van der Waals surface area contributed by atoms with Crippen molar-refractivity contribution in [2.75, 3.05) is 0 Å². The van der Waals surface area contributed by atoms with E-state index in [0.717, 1.165) is 0 Å². The lowest BCUT2D eigenvalue weighted by atomic mass is 10.1. The largest absolute Gasteiger partial charge is 0.328 e. The van der Waals surface area contributed by atoms with E-state index in [1.165, 1.54) is 6.20 Å². The topological polar surface area (TPSA) is 56.6 Å². The molecule has 0 amide bonds. The third-order valence-electron chi connectivity index (χ3n) is 1.41. The summed E-state index contributed by atoms with van der Waals surface area (Å²) in [6, 6.07) is 1.58. The van der Waals surface area contributed by atoms with Gasteiger partial charge < -0.3 is 4.98 Å². The van der Waals surface area contributed by atoms with Crippen LogP contribution in [-0.2, 0) is 0 Å². The van der Waals surface area contributed by atoms with Gasteiger partial charge >= 0.3 is 0 Å². The van der Waals surface area contributed by atoms with Gasteiger partial charge in [-0.05, 0) is 22.6 Å². The van der Waals surface area contributed by atoms with Crippen molar-refractivity contribution >= 4 is 22.6 Å². The Morgan fingerprint density at radius 1 is 1.62 bits per heavy atom. The minimum absolute atomic E-state index is 0.251. The highest BCUT2D eigenvalue weighted by Crippen LogP contribution is 2.21. The quantitative estimate of drug-likeness (QED) is 0.803. The number of nitriles is 1. The molecule has 0 saturated heterocycles. The normalized spacial score (nSPS) is 10.1. The molecule has 0 aliphatic rings. The summed E-state index contributed by atoms with van der Waals surface area (Å²) in [6.07, 6.45) is -1.69. The van der Waals surface area contributed by atoms with E-state index >= 15 is 0 Å². The molecule has 68 valence electrons. The molecule has 0 unspecified atom stereocenters. The van der Waals surface area contributed by atoms with Crippen molar-refractivity contribution in [3.63, 3.8) is 0 Å². The second kappa shape index (κ2) is 3.83. The van der Waals surface area contributed by atoms with E-state index in [2.05, 4.69) is 4.98 Å². The summed E-state index contributed by atoms with van der Waals surface area (Å²) in [5.41, 5.74) is -1.92. The van der Waals surface area contributed by atoms with Crippen LogP contribution in [0, 0.1) is 14.9 Å². The molecule has 1 aromatic rings. The smallest absolute Gasteiger partial charge is 0.270 e. The Bertz CT molecular complexity index is 421. The third-order valence-corrected chi connectivity index (χ3v) is 2.26. The second-order valence-electron chi connectivity index (χ2n) is 2.17. The Kier molecular flexibility index (Phi) is 2.98. The number of nitrogens with one attached hydrogen (secondary N) is 1. The maximum atomic E-state index is 12.3. The Morgan fingerprint density at radius 3 is 2.62 bits per heavy atom. The summed E-state index contributed by atoms with van der Waals surface area (Å²) >= 11 is 1.71. The van der Waals surface area contributed by atoms with Crippen LogP contribution < -0.4 is 5.56 Å². The lowest BCUT2D eigenvalue weighted by molar-refractivity contribution is 0.149. The molecule has 0 aliphatic heterocycles. The molecule has 0 fully saturated rings. The number of aromatic nitrogens is 1. The van der Waals surface area contributed by atoms with Crippen molar-refractivity contribution in [1.82, 2.24) is 4.98 Å². The molecule has 0 spiro atoms. The van der Waals surface area contributed by atoms with Crippen molar-refractivity contribution in [2.45, 2.75) is 6.43 Å². The zero-order chi connectivity index (χ0) is 10.0. The van der Waals surface area contributed by atoms with E-state index in [9.17, 15) is 13.6 Å². The van der Waals surface area contributed by atoms with E-state index < -0.39 is 17.5 Å². The van der Waals surface area contributed by atoms with Gasteiger partial charge in [-0.3, -0.25) is 4.79 Å². The first-order valence-electron chi connectivity index (χ1n) is 3.17. The lowest BCUT2D eigenvalue weighted by Crippen LogP contribution is -2.15. The number of alkyl halides is 2. The van der Waals surface area contributed by atoms with E-state index in [0.29, 0.717) is 3.57 Å². The van der Waals surface area contributed by atoms with Gasteiger partial charge in [0, 0.05) is 9.77 Å². The number of rotatable bonds is 1. The zero-order valence-corrected chi connectivity index (χ0v) is 8.30. The fraction of sp³-hybridized carbons (Fsp3) is 0.143. The number of aromatic amines is 1. The van der Waals surface area contributed by atoms with Gasteiger partial charge in [-0.15, -0.1) is 0 Å². The molecule has 6 heteroatoms. The van der Waals surface area contributed by atoms with Crippen LogP contribution in [0.25, 0.3) is 0 Å². The molecule has 0 aliphatic carbocycles. The van der Waals surface area contributed by atoms with Crippen molar-refractivity contribution in [3.8, 4) is 6.07 Å². The highest BCUT2D eigenvalue weighted by Gasteiger charge is 2.19. The number of H-pyrrole nitrogens is 1. The molecular formula is C7H3F2IN2O. The predicted octanol–water partition coefficient (Wildman–Crippen LogP) is 1.79. The first-order valence-corrected chi connectivity index (χ1v) is 4.25. The Balaban J connectivity index is 3.56. The first-order chi connectivity index (χ1) is 6.07. The Morgan fingerprint density at radius 2 is 2.23 bits per heavy atom. The Labute approximate surface area is 85.5 Å². The van der Waals surface area contributed by atoms with Gasteiger partial charge in [-0.2, -0.15) is 5.26 Å². The number of nitrogens with zero attached hydrogens (tertiary/aromatic N) is 1. The molecule has 13 heavy (non-hydrogen) atoms. The molecule has 1 aromatic heterocycles. The molecule has 1 rings (SSSR count). The summed E-state index contributed by atoms with van der Waals surface area (Å²) in [7, 11) is 0. The van der Waals surface area contributed by atoms with Crippen LogP contribution in [0.3, 0.4) is 0 Å². The average Bonchev–Trinajstić information content (AvgIpc) is 2.07. The van der Waals surface area contributed by atoms with Crippen LogP contribution in [0.5, 0.6) is 0 Å². The molecule has 1 heterocycles. The average molecular weight is 296 g/mol. The van der Waals surface area contributed by atoms with Gasteiger partial charge in [-0.25, -0.2) is 8.78 Å². The second-order valence-corrected chi connectivity index (χ2v) is 3.33. The molecular weight excluding hydrogens is 293 g/mol. The van der Waals surface area contributed by atoms with E-state index in [4.69, 9.17) is 5.26 Å². The molecule has 1 N–H and O–H groups in total. The number of hydrogen-bond donors (Lipinski definition) is 1. The molecule has 0 saturated carbocycles. The van der Waals surface area contributed by atoms with Crippen LogP contribution in [0.1, 0.15) is 17.6 Å². The van der Waals surface area contributed by atoms with Crippen LogP contribution >= 0.6 is 22.6 Å². The number of pyridine rings is 1. The van der Waals surface area contributed by atoms with Gasteiger partial charge in [0.25, 0.3) is 12.0 Å². The highest BCUT2D eigenvalue weighted by atomic mass is 127. The van der Waals surface area contributed by atoms with E-state index in [1.807, 2.05) is 0 Å². The third kappa shape index (κ3) is 1.85. The summed E-state index contributed by atoms with van der Waals surface area (Å²) < 4.78 is 24.9. The first kappa shape index (κ1) is 10.1. The van der Waals surface area contributed by atoms with Gasteiger partial charge in [-0.1, -0.05) is 0 Å². The zero-order valence-electron chi connectivity index (χ0n) is 6.14. The van der Waals surface area contributed by atoms with E-state index in [-0.39, 0.29) is 5.56 Å². The van der Waals surface area contributed by atoms with E-state index in [1.54, 1.807) is 28.7 Å².